The number of benzene rings is 1. The third kappa shape index (κ3) is 17.4. The number of ether oxygens (including phenoxy) is 1. The molecule has 0 aromatic heterocycles. The van der Waals surface area contributed by atoms with Crippen LogP contribution >= 0.6 is 11.6 Å². The first-order valence-electron chi connectivity index (χ1n) is 22.3. The van der Waals surface area contributed by atoms with E-state index >= 15 is 0 Å². The van der Waals surface area contributed by atoms with E-state index in [0.717, 1.165) is 5.57 Å². The number of nitrogens with two attached hydrogens (primary N) is 1. The largest absolute Gasteiger partial charge is 0.456 e. The van der Waals surface area contributed by atoms with Gasteiger partial charge in [0.2, 0.25) is 35.4 Å². The highest BCUT2D eigenvalue weighted by Crippen LogP contribution is 2.23. The average molecular weight is 901 g/mol. The quantitative estimate of drug-likeness (QED) is 0.119. The number of cyclic esters (lactones) is 1. The third-order valence-electron chi connectivity index (χ3n) is 11.7. The number of esters is 1. The zero-order valence-electron chi connectivity index (χ0n) is 39.3. The summed E-state index contributed by atoms with van der Waals surface area (Å²) in [6.07, 6.45) is 6.16. The van der Waals surface area contributed by atoms with Crippen LogP contribution in [0.4, 0.5) is 0 Å². The van der Waals surface area contributed by atoms with Crippen molar-refractivity contribution in [1.82, 2.24) is 31.1 Å². The molecule has 0 saturated heterocycles. The number of halogens is 1. The van der Waals surface area contributed by atoms with E-state index in [1.807, 2.05) is 47.6 Å². The SMILES string of the molecule is C/C=C(\C)[C@H]1OC(=O)[C@@H](C)NC(=O)C(C(C)CC)NC(=O)CN(C)C(=O)[C@@H](Cc2ccc(Cl)cc2)N(C)C(=O)[C@H](CCCCN)NC(=O)[C@@H](CC(C)C)NC(=O)/C(C)=C/CC[C@@H]1C. The van der Waals surface area contributed by atoms with Crippen LogP contribution in [0.25, 0.3) is 0 Å². The summed E-state index contributed by atoms with van der Waals surface area (Å²) in [4.78, 5) is 100. The van der Waals surface area contributed by atoms with Gasteiger partial charge in [0.05, 0.1) is 6.54 Å². The maximum atomic E-state index is 14.5. The minimum Gasteiger partial charge on any atom is -0.456 e. The predicted molar refractivity (Wildman–Crippen MR) is 246 cm³/mol. The Balaban J connectivity index is 2.70. The number of unbranched alkanes of at least 4 members (excludes halogenated alkanes) is 1. The molecule has 2 rings (SSSR count). The molecule has 0 saturated carbocycles. The smallest absolute Gasteiger partial charge is 0.328 e. The minimum absolute atomic E-state index is 0.000658. The number of amides is 6. The van der Waals surface area contributed by atoms with Crippen molar-refractivity contribution in [1.29, 1.82) is 0 Å². The van der Waals surface area contributed by atoms with Gasteiger partial charge in [-0.1, -0.05) is 76.9 Å². The first kappa shape index (κ1) is 54.4. The van der Waals surface area contributed by atoms with Gasteiger partial charge in [0.25, 0.3) is 0 Å². The van der Waals surface area contributed by atoms with Gasteiger partial charge in [0.15, 0.2) is 0 Å². The van der Waals surface area contributed by atoms with Crippen molar-refractivity contribution in [3.63, 3.8) is 0 Å². The number of carbonyl (C=O) groups is 7. The first-order valence-corrected chi connectivity index (χ1v) is 22.7. The lowest BCUT2D eigenvalue weighted by Crippen LogP contribution is -2.58. The van der Waals surface area contributed by atoms with Gasteiger partial charge >= 0.3 is 5.97 Å². The normalized spacial score (nSPS) is 26.6. The van der Waals surface area contributed by atoms with Crippen LogP contribution in [0.15, 0.2) is 47.6 Å². The maximum Gasteiger partial charge on any atom is 0.328 e. The molecule has 6 amide bonds. The van der Waals surface area contributed by atoms with Crippen LogP contribution in [-0.2, 0) is 44.7 Å². The number of hydrogen-bond donors (Lipinski definition) is 5. The second-order valence-electron chi connectivity index (χ2n) is 17.5. The second-order valence-corrected chi connectivity index (χ2v) is 17.9. The van der Waals surface area contributed by atoms with Crippen LogP contribution in [0.5, 0.6) is 0 Å². The number of nitrogens with one attached hydrogen (secondary N) is 4. The predicted octanol–water partition coefficient (Wildman–Crippen LogP) is 4.60. The molecular weight excluding hydrogens is 826 g/mol. The summed E-state index contributed by atoms with van der Waals surface area (Å²) < 4.78 is 5.99. The summed E-state index contributed by atoms with van der Waals surface area (Å²) in [5.41, 5.74) is 7.70. The van der Waals surface area contributed by atoms with E-state index in [1.165, 1.54) is 30.8 Å². The van der Waals surface area contributed by atoms with Crippen LogP contribution in [-0.4, -0.2) is 115 Å². The molecule has 1 aromatic carbocycles. The maximum absolute atomic E-state index is 14.5. The molecule has 1 aliphatic rings. The van der Waals surface area contributed by atoms with Crippen molar-refractivity contribution >= 4 is 53.0 Å². The Morgan fingerprint density at radius 2 is 1.57 bits per heavy atom. The number of nitrogens with zero attached hydrogens (tertiary/aromatic N) is 2. The van der Waals surface area contributed by atoms with E-state index in [4.69, 9.17) is 22.1 Å². The molecule has 8 atom stereocenters. The van der Waals surface area contributed by atoms with Crippen LogP contribution in [0.3, 0.4) is 0 Å². The molecular formula is C47H74ClN7O8. The molecule has 16 heteroatoms. The molecule has 1 heterocycles. The van der Waals surface area contributed by atoms with Crippen LogP contribution in [0, 0.1) is 17.8 Å². The molecule has 352 valence electrons. The van der Waals surface area contributed by atoms with Gasteiger partial charge in [0, 0.05) is 31.1 Å². The fraction of sp³-hybridized carbons (Fsp3) is 0.638. The summed E-state index contributed by atoms with van der Waals surface area (Å²) in [5, 5.41) is 11.7. The molecule has 0 spiro atoms. The third-order valence-corrected chi connectivity index (χ3v) is 12.0. The first-order chi connectivity index (χ1) is 29.6. The van der Waals surface area contributed by atoms with E-state index in [9.17, 15) is 33.6 Å². The minimum atomic E-state index is -1.14. The van der Waals surface area contributed by atoms with E-state index in [1.54, 1.807) is 44.2 Å². The zero-order chi connectivity index (χ0) is 47.6. The van der Waals surface area contributed by atoms with Crippen molar-refractivity contribution in [3.05, 3.63) is 58.1 Å². The lowest BCUT2D eigenvalue weighted by atomic mass is 9.93. The van der Waals surface area contributed by atoms with Gasteiger partial charge in [-0.15, -0.1) is 0 Å². The lowest BCUT2D eigenvalue weighted by Gasteiger charge is -2.34. The van der Waals surface area contributed by atoms with E-state index in [-0.39, 0.29) is 30.6 Å². The molecule has 15 nitrogen and oxygen atoms in total. The van der Waals surface area contributed by atoms with E-state index in [0.29, 0.717) is 61.2 Å². The molecule has 0 aliphatic carbocycles. The van der Waals surface area contributed by atoms with Gasteiger partial charge < -0.3 is 41.5 Å². The Bertz CT molecular complexity index is 1780. The van der Waals surface area contributed by atoms with Gasteiger partial charge in [-0.3, -0.25) is 28.8 Å². The summed E-state index contributed by atoms with van der Waals surface area (Å²) >= 11 is 6.17. The molecule has 0 radical (unpaired) electrons. The highest BCUT2D eigenvalue weighted by atomic mass is 35.5. The number of hydrogen-bond acceptors (Lipinski definition) is 9. The molecule has 1 aliphatic heterocycles. The zero-order valence-corrected chi connectivity index (χ0v) is 40.1. The Morgan fingerprint density at radius 3 is 2.16 bits per heavy atom. The van der Waals surface area contributed by atoms with E-state index < -0.39 is 84.3 Å². The van der Waals surface area contributed by atoms with Crippen molar-refractivity contribution < 1.29 is 38.3 Å². The van der Waals surface area contributed by atoms with Crippen LogP contribution in [0.2, 0.25) is 5.02 Å². The van der Waals surface area contributed by atoms with Crippen molar-refractivity contribution in [2.24, 2.45) is 23.5 Å². The molecule has 63 heavy (non-hydrogen) atoms. The standard InChI is InChI=1S/C47H74ClN7O8/c1-12-29(5)40-44(59)50-33(9)47(62)63-41(30(6)13-2)31(7)17-16-18-32(8)42(57)52-37(25-28(3)4)43(58)51-36(19-14-15-24-49)45(60)55(11)38(26-34-20-22-35(48)23-21-34)46(61)54(10)27-39(56)53-40/h13,18,20-23,28-29,31,33,36-38,40-41H,12,14-17,19,24-27,49H2,1-11H3,(H,50,59)(H,51,58)(H,52,57)(H,53,56)/b30-13+,32-18+/t29?,31-,33+,36-,37+,38+,40?,41+/m0/s1. The monoisotopic (exact) mass is 900 g/mol. The van der Waals surface area contributed by atoms with E-state index in [2.05, 4.69) is 21.3 Å². The average Bonchev–Trinajstić information content (AvgIpc) is 3.24. The van der Waals surface area contributed by atoms with Gasteiger partial charge in [-0.25, -0.2) is 4.79 Å². The lowest BCUT2D eigenvalue weighted by molar-refractivity contribution is -0.153. The van der Waals surface area contributed by atoms with Crippen molar-refractivity contribution in [3.8, 4) is 0 Å². The summed E-state index contributed by atoms with van der Waals surface area (Å²) in [5.74, 6) is -4.51. The molecule has 1 aromatic rings. The number of carbonyl (C=O) groups excluding carboxylic acids is 7. The van der Waals surface area contributed by atoms with Crippen LogP contribution in [0.1, 0.15) is 113 Å². The number of rotatable bonds is 11. The summed E-state index contributed by atoms with van der Waals surface area (Å²) in [6.45, 7) is 16.2. The Hall–Kier alpha value is -4.76. The Kier molecular flexibility index (Phi) is 23.1. The fourth-order valence-electron chi connectivity index (χ4n) is 7.32. The van der Waals surface area contributed by atoms with Crippen molar-refractivity contribution in [2.45, 2.75) is 150 Å². The Morgan fingerprint density at radius 1 is 0.921 bits per heavy atom. The van der Waals surface area contributed by atoms with Gasteiger partial charge in [-0.2, -0.15) is 0 Å². The molecule has 0 fully saturated rings. The topological polar surface area (TPSA) is 209 Å². The van der Waals surface area contributed by atoms with Crippen molar-refractivity contribution in [2.75, 3.05) is 27.2 Å². The van der Waals surface area contributed by atoms with Gasteiger partial charge in [0.1, 0.15) is 36.3 Å². The van der Waals surface area contributed by atoms with Crippen LogP contribution < -0.4 is 27.0 Å². The fourth-order valence-corrected chi connectivity index (χ4v) is 7.44. The number of likely N-dealkylation sites (N-methyl/N-ethyl adjacent to an activating group) is 2. The summed E-state index contributed by atoms with van der Waals surface area (Å²) in [6, 6.07) is 1.50. The molecule has 0 bridgehead atoms. The molecule has 2 unspecified atom stereocenters. The number of allylic oxidation sites excluding steroid dienone is 2. The summed E-state index contributed by atoms with van der Waals surface area (Å²) in [7, 11) is 2.91. The highest BCUT2D eigenvalue weighted by Gasteiger charge is 2.37. The van der Waals surface area contributed by atoms with Gasteiger partial charge in [-0.05, 0) is 114 Å². The second kappa shape index (κ2) is 26.8. The molecule has 6 N–H and O–H groups in total. The highest BCUT2D eigenvalue weighted by molar-refractivity contribution is 6.30. The Labute approximate surface area is 380 Å².